The second kappa shape index (κ2) is 6.20. The van der Waals surface area contributed by atoms with Gasteiger partial charge in [0, 0.05) is 25.8 Å². The van der Waals surface area contributed by atoms with Crippen molar-refractivity contribution in [3.8, 4) is 0 Å². The van der Waals surface area contributed by atoms with Crippen molar-refractivity contribution in [3.05, 3.63) is 47.2 Å². The van der Waals surface area contributed by atoms with Gasteiger partial charge in [0.25, 0.3) is 11.8 Å². The molecule has 24 heavy (non-hydrogen) atoms. The van der Waals surface area contributed by atoms with Crippen LogP contribution in [0.1, 0.15) is 19.4 Å². The number of nitrogens with zero attached hydrogens (tertiary/aromatic N) is 3. The van der Waals surface area contributed by atoms with Crippen LogP contribution >= 0.6 is 12.2 Å². The van der Waals surface area contributed by atoms with Crippen LogP contribution in [0, 0.1) is 0 Å². The minimum absolute atomic E-state index is 0.167. The molecule has 0 atom stereocenters. The summed E-state index contributed by atoms with van der Waals surface area (Å²) in [7, 11) is 1.87. The van der Waals surface area contributed by atoms with Gasteiger partial charge in [-0.1, -0.05) is 24.3 Å². The molecule has 0 aliphatic carbocycles. The maximum absolute atomic E-state index is 12.9. The van der Waals surface area contributed by atoms with Crippen LogP contribution in [0.3, 0.4) is 0 Å². The summed E-state index contributed by atoms with van der Waals surface area (Å²) in [4.78, 5) is 30.6. The third-order valence-corrected chi connectivity index (χ3v) is 4.79. The molecule has 124 valence electrons. The highest BCUT2D eigenvalue weighted by molar-refractivity contribution is 7.80. The zero-order valence-corrected chi connectivity index (χ0v) is 14.8. The molecule has 1 fully saturated rings. The molecule has 0 aromatic heterocycles. The molecule has 2 aliphatic rings. The maximum Gasteiger partial charge on any atom is 0.267 e. The van der Waals surface area contributed by atoms with Crippen LogP contribution in [0.5, 0.6) is 0 Å². The normalized spacial score (nSPS) is 17.8. The fourth-order valence-electron chi connectivity index (χ4n) is 3.05. The van der Waals surface area contributed by atoms with E-state index < -0.39 is 0 Å². The Morgan fingerprint density at radius 3 is 2.12 bits per heavy atom. The molecule has 2 amide bonds. The molecular weight excluding hydrogens is 322 g/mol. The Bertz CT molecular complexity index is 769. The lowest BCUT2D eigenvalue weighted by Gasteiger charge is -2.37. The highest BCUT2D eigenvalue weighted by Crippen LogP contribution is 2.32. The number of anilines is 1. The summed E-state index contributed by atoms with van der Waals surface area (Å²) in [5.74, 6) is -0.661. The average Bonchev–Trinajstić information content (AvgIpc) is 2.58. The summed E-state index contributed by atoms with van der Waals surface area (Å²) >= 11 is 5.30. The van der Waals surface area contributed by atoms with E-state index >= 15 is 0 Å². The number of benzene rings is 1. The van der Waals surface area contributed by atoms with Crippen LogP contribution in [-0.2, 0) is 9.59 Å². The Morgan fingerprint density at radius 2 is 1.54 bits per heavy atom. The van der Waals surface area contributed by atoms with Crippen molar-refractivity contribution in [2.75, 3.05) is 25.0 Å². The summed E-state index contributed by atoms with van der Waals surface area (Å²) in [5.41, 5.74) is 2.78. The summed E-state index contributed by atoms with van der Waals surface area (Å²) in [5, 5.41) is 0.280. The van der Waals surface area contributed by atoms with E-state index in [0.29, 0.717) is 18.8 Å². The smallest absolute Gasteiger partial charge is 0.267 e. The van der Waals surface area contributed by atoms with Gasteiger partial charge < -0.3 is 4.90 Å². The molecule has 0 spiro atoms. The predicted molar refractivity (Wildman–Crippen MR) is 98.3 cm³/mol. The fourth-order valence-corrected chi connectivity index (χ4v) is 3.48. The lowest BCUT2D eigenvalue weighted by atomic mass is 10.0. The summed E-state index contributed by atoms with van der Waals surface area (Å²) in [6.07, 6.45) is 3.75. The molecule has 0 N–H and O–H groups in total. The van der Waals surface area contributed by atoms with Gasteiger partial charge >= 0.3 is 0 Å². The third kappa shape index (κ3) is 2.34. The topological polar surface area (TPSA) is 43.9 Å². The van der Waals surface area contributed by atoms with Crippen molar-refractivity contribution in [1.82, 2.24) is 9.80 Å². The Balaban J connectivity index is 2.16. The lowest BCUT2D eigenvalue weighted by Crippen LogP contribution is -2.56. The van der Waals surface area contributed by atoms with Crippen molar-refractivity contribution in [3.63, 3.8) is 0 Å². The average molecular weight is 341 g/mol. The first-order chi connectivity index (χ1) is 11.5. The highest BCUT2D eigenvalue weighted by atomic mass is 32.1. The Labute approximate surface area is 146 Å². The zero-order chi connectivity index (χ0) is 17.4. The second-order valence-electron chi connectivity index (χ2n) is 5.59. The predicted octanol–water partition coefficient (Wildman–Crippen LogP) is 2.40. The van der Waals surface area contributed by atoms with Crippen LogP contribution in [0.15, 0.2) is 41.6 Å². The summed E-state index contributed by atoms with van der Waals surface area (Å²) in [6.45, 7) is 4.57. The zero-order valence-electron chi connectivity index (χ0n) is 13.9. The lowest BCUT2D eigenvalue weighted by molar-refractivity contribution is -0.133. The number of amides is 2. The number of carbonyl (C=O) groups is 2. The fraction of sp³-hybridized carbons (Fsp3) is 0.278. The molecule has 0 bridgehead atoms. The molecule has 0 radical (unpaired) electrons. The maximum atomic E-state index is 12.9. The third-order valence-electron chi connectivity index (χ3n) is 4.35. The van der Waals surface area contributed by atoms with Crippen LogP contribution in [0.4, 0.5) is 5.69 Å². The van der Waals surface area contributed by atoms with Crippen molar-refractivity contribution in [1.29, 1.82) is 0 Å². The number of thiocarbonyl (C=S) groups is 1. The van der Waals surface area contributed by atoms with Crippen molar-refractivity contribution >= 4 is 40.9 Å². The van der Waals surface area contributed by atoms with E-state index in [-0.39, 0.29) is 22.5 Å². The number of hydrogen-bond acceptors (Lipinski definition) is 4. The number of likely N-dealkylation sites (N-methyl/N-ethyl adjacent to an activating group) is 3. The van der Waals surface area contributed by atoms with Crippen LogP contribution in [-0.4, -0.2) is 46.9 Å². The second-order valence-corrected chi connectivity index (χ2v) is 5.96. The van der Waals surface area contributed by atoms with E-state index in [1.165, 1.54) is 9.80 Å². The molecule has 5 nitrogen and oxygen atoms in total. The number of allylic oxidation sites excluding steroid dienone is 1. The first-order valence-corrected chi connectivity index (χ1v) is 8.34. The first kappa shape index (κ1) is 16.4. The summed E-state index contributed by atoms with van der Waals surface area (Å²) in [6, 6.07) is 7.87. The molecule has 2 heterocycles. The monoisotopic (exact) mass is 341 g/mol. The highest BCUT2D eigenvalue weighted by Gasteiger charge is 2.40. The Morgan fingerprint density at radius 1 is 0.958 bits per heavy atom. The minimum atomic E-state index is -0.330. The van der Waals surface area contributed by atoms with Crippen LogP contribution < -0.4 is 4.90 Å². The number of para-hydroxylation sites is 1. The molecule has 3 rings (SSSR count). The molecule has 6 heteroatoms. The molecule has 2 aliphatic heterocycles. The number of carbonyl (C=O) groups excluding carboxylic acids is 2. The molecule has 0 saturated carbocycles. The van der Waals surface area contributed by atoms with Gasteiger partial charge in [0.05, 0.1) is 5.70 Å². The van der Waals surface area contributed by atoms with Gasteiger partial charge in [-0.15, -0.1) is 0 Å². The molecule has 1 aromatic rings. The Kier molecular flexibility index (Phi) is 4.24. The number of rotatable bonds is 2. The molecule has 1 aromatic carbocycles. The van der Waals surface area contributed by atoms with Gasteiger partial charge in [-0.2, -0.15) is 0 Å². The molecule has 1 saturated heterocycles. The van der Waals surface area contributed by atoms with Gasteiger partial charge in [0.2, 0.25) is 0 Å². The van der Waals surface area contributed by atoms with Gasteiger partial charge in [-0.3, -0.25) is 19.4 Å². The van der Waals surface area contributed by atoms with Crippen LogP contribution in [0.25, 0.3) is 6.08 Å². The van der Waals surface area contributed by atoms with E-state index in [9.17, 15) is 9.59 Å². The van der Waals surface area contributed by atoms with Gasteiger partial charge in [0.15, 0.2) is 5.11 Å². The largest absolute Gasteiger partial charge is 0.343 e. The van der Waals surface area contributed by atoms with Gasteiger partial charge in [-0.25, -0.2) is 0 Å². The molecular formula is C18H19N3O2S. The van der Waals surface area contributed by atoms with E-state index in [2.05, 4.69) is 0 Å². The first-order valence-electron chi connectivity index (χ1n) is 7.94. The van der Waals surface area contributed by atoms with Gasteiger partial charge in [-0.05, 0) is 43.8 Å². The SMILES string of the molecule is CCN1C(=O)C(=C2C=Cc3ccccc3N2C)C(=O)N(CC)C1=S. The van der Waals surface area contributed by atoms with E-state index in [0.717, 1.165) is 11.3 Å². The number of fused-ring (bicyclic) bond motifs is 1. The summed E-state index contributed by atoms with van der Waals surface area (Å²) < 4.78 is 0. The minimum Gasteiger partial charge on any atom is -0.343 e. The van der Waals surface area contributed by atoms with Gasteiger partial charge in [0.1, 0.15) is 5.57 Å². The van der Waals surface area contributed by atoms with E-state index in [4.69, 9.17) is 12.2 Å². The van der Waals surface area contributed by atoms with Crippen LogP contribution in [0.2, 0.25) is 0 Å². The number of hydrogen-bond donors (Lipinski definition) is 0. The van der Waals surface area contributed by atoms with E-state index in [1.807, 2.05) is 62.2 Å². The van der Waals surface area contributed by atoms with Crippen molar-refractivity contribution in [2.24, 2.45) is 0 Å². The van der Waals surface area contributed by atoms with Crippen molar-refractivity contribution in [2.45, 2.75) is 13.8 Å². The van der Waals surface area contributed by atoms with Crippen molar-refractivity contribution < 1.29 is 9.59 Å². The van der Waals surface area contributed by atoms with E-state index in [1.54, 1.807) is 0 Å². The quantitative estimate of drug-likeness (QED) is 0.471. The molecule has 0 unspecified atom stereocenters. The Hall–Kier alpha value is -2.47. The standard InChI is InChI=1S/C18H19N3O2S/c1-4-20-16(22)15(17(23)21(5-2)18(20)24)14-11-10-12-8-6-7-9-13(12)19(14)3/h6-11H,4-5H2,1-3H3.